The molecule has 2 aliphatic rings. The minimum absolute atomic E-state index is 0.0862. The molecule has 4 heteroatoms. The molecule has 0 radical (unpaired) electrons. The SMILES string of the molecule is CC1CCCCC1N(C)C(=O)c1ccc(N2CCCC2=O)cc1. The fourth-order valence-electron chi connectivity index (χ4n) is 3.93. The highest BCUT2D eigenvalue weighted by atomic mass is 16.2. The van der Waals surface area contributed by atoms with Gasteiger partial charge in [-0.1, -0.05) is 19.8 Å². The van der Waals surface area contributed by atoms with Gasteiger partial charge >= 0.3 is 0 Å². The predicted molar refractivity (Wildman–Crippen MR) is 91.5 cm³/mol. The van der Waals surface area contributed by atoms with Crippen LogP contribution in [0.25, 0.3) is 0 Å². The largest absolute Gasteiger partial charge is 0.338 e. The van der Waals surface area contributed by atoms with Gasteiger partial charge in [-0.25, -0.2) is 0 Å². The molecule has 1 saturated carbocycles. The maximum absolute atomic E-state index is 12.7. The van der Waals surface area contributed by atoms with E-state index in [-0.39, 0.29) is 11.8 Å². The third-order valence-corrected chi connectivity index (χ3v) is 5.38. The molecule has 1 saturated heterocycles. The van der Waals surface area contributed by atoms with E-state index in [4.69, 9.17) is 0 Å². The molecular weight excluding hydrogens is 288 g/mol. The smallest absolute Gasteiger partial charge is 0.253 e. The quantitative estimate of drug-likeness (QED) is 0.857. The lowest BCUT2D eigenvalue weighted by atomic mass is 9.85. The zero-order chi connectivity index (χ0) is 16.4. The molecule has 23 heavy (non-hydrogen) atoms. The van der Waals surface area contributed by atoms with Gasteiger partial charge in [0.1, 0.15) is 0 Å². The molecule has 124 valence electrons. The molecular formula is C19H26N2O2. The van der Waals surface area contributed by atoms with Crippen molar-refractivity contribution in [3.05, 3.63) is 29.8 Å². The Kier molecular flexibility index (Phi) is 4.69. The van der Waals surface area contributed by atoms with Crippen molar-refractivity contribution in [2.75, 3.05) is 18.5 Å². The van der Waals surface area contributed by atoms with Gasteiger partial charge < -0.3 is 9.80 Å². The molecule has 0 spiro atoms. The van der Waals surface area contributed by atoms with E-state index in [2.05, 4.69) is 6.92 Å². The van der Waals surface area contributed by atoms with Crippen LogP contribution < -0.4 is 4.90 Å². The highest BCUT2D eigenvalue weighted by Gasteiger charge is 2.28. The molecule has 3 rings (SSSR count). The highest BCUT2D eigenvalue weighted by Crippen LogP contribution is 2.28. The van der Waals surface area contributed by atoms with Crippen molar-refractivity contribution in [2.45, 2.75) is 51.5 Å². The molecule has 2 amide bonds. The Morgan fingerprint density at radius 1 is 1.13 bits per heavy atom. The third kappa shape index (κ3) is 3.26. The zero-order valence-corrected chi connectivity index (χ0v) is 14.1. The van der Waals surface area contributed by atoms with Gasteiger partial charge in [0.25, 0.3) is 5.91 Å². The van der Waals surface area contributed by atoms with Crippen LogP contribution in [0.4, 0.5) is 5.69 Å². The maximum atomic E-state index is 12.7. The fourth-order valence-corrected chi connectivity index (χ4v) is 3.93. The lowest BCUT2D eigenvalue weighted by Crippen LogP contribution is -2.42. The summed E-state index contributed by atoms with van der Waals surface area (Å²) in [6.45, 7) is 3.03. The summed E-state index contributed by atoms with van der Waals surface area (Å²) in [6, 6.07) is 7.85. The summed E-state index contributed by atoms with van der Waals surface area (Å²) in [5.74, 6) is 0.833. The van der Waals surface area contributed by atoms with Gasteiger partial charge in [0.05, 0.1) is 0 Å². The number of amides is 2. The predicted octanol–water partition coefficient (Wildman–Crippen LogP) is 3.46. The number of benzene rings is 1. The van der Waals surface area contributed by atoms with Crippen LogP contribution in [-0.2, 0) is 4.79 Å². The van der Waals surface area contributed by atoms with Gasteiger partial charge in [0.15, 0.2) is 0 Å². The van der Waals surface area contributed by atoms with E-state index in [9.17, 15) is 9.59 Å². The minimum atomic E-state index is 0.0862. The van der Waals surface area contributed by atoms with Crippen LogP contribution in [-0.4, -0.2) is 36.3 Å². The van der Waals surface area contributed by atoms with Crippen molar-refractivity contribution >= 4 is 17.5 Å². The second-order valence-electron chi connectivity index (χ2n) is 6.94. The van der Waals surface area contributed by atoms with E-state index >= 15 is 0 Å². The van der Waals surface area contributed by atoms with Crippen molar-refractivity contribution in [2.24, 2.45) is 5.92 Å². The lowest BCUT2D eigenvalue weighted by Gasteiger charge is -2.36. The van der Waals surface area contributed by atoms with Gasteiger partial charge in [0, 0.05) is 37.3 Å². The van der Waals surface area contributed by atoms with E-state index in [0.717, 1.165) is 25.1 Å². The second-order valence-corrected chi connectivity index (χ2v) is 6.94. The van der Waals surface area contributed by atoms with Crippen molar-refractivity contribution in [3.8, 4) is 0 Å². The Morgan fingerprint density at radius 2 is 1.83 bits per heavy atom. The van der Waals surface area contributed by atoms with Crippen LogP contribution >= 0.6 is 0 Å². The fraction of sp³-hybridized carbons (Fsp3) is 0.579. The average molecular weight is 314 g/mol. The van der Waals surface area contributed by atoms with Crippen molar-refractivity contribution in [1.29, 1.82) is 0 Å². The minimum Gasteiger partial charge on any atom is -0.338 e. The standard InChI is InChI=1S/C19H26N2O2/c1-14-6-3-4-7-17(14)20(2)19(23)15-9-11-16(12-10-15)21-13-5-8-18(21)22/h9-12,14,17H,3-8,13H2,1-2H3. The van der Waals surface area contributed by atoms with E-state index in [1.54, 1.807) is 4.90 Å². The monoisotopic (exact) mass is 314 g/mol. The van der Waals surface area contributed by atoms with E-state index < -0.39 is 0 Å². The van der Waals surface area contributed by atoms with Crippen LogP contribution in [0.3, 0.4) is 0 Å². The van der Waals surface area contributed by atoms with Crippen molar-refractivity contribution < 1.29 is 9.59 Å². The molecule has 2 fully saturated rings. The van der Waals surface area contributed by atoms with Crippen LogP contribution in [0.5, 0.6) is 0 Å². The van der Waals surface area contributed by atoms with Crippen LogP contribution in [0.15, 0.2) is 24.3 Å². The topological polar surface area (TPSA) is 40.6 Å². The Labute approximate surface area is 138 Å². The van der Waals surface area contributed by atoms with Gasteiger partial charge in [-0.2, -0.15) is 0 Å². The summed E-state index contributed by atoms with van der Waals surface area (Å²) in [4.78, 5) is 28.3. The second kappa shape index (κ2) is 6.73. The number of carbonyl (C=O) groups excluding carboxylic acids is 2. The number of hydrogen-bond donors (Lipinski definition) is 0. The molecule has 2 unspecified atom stereocenters. The third-order valence-electron chi connectivity index (χ3n) is 5.38. The number of hydrogen-bond acceptors (Lipinski definition) is 2. The van der Waals surface area contributed by atoms with Gasteiger partial charge in [-0.15, -0.1) is 0 Å². The van der Waals surface area contributed by atoms with Crippen LogP contribution in [0.1, 0.15) is 55.8 Å². The summed E-state index contributed by atoms with van der Waals surface area (Å²) >= 11 is 0. The van der Waals surface area contributed by atoms with Gasteiger partial charge in [-0.05, 0) is 49.4 Å². The van der Waals surface area contributed by atoms with E-state index in [1.807, 2.05) is 36.2 Å². The normalized spacial score (nSPS) is 24.8. The molecule has 4 nitrogen and oxygen atoms in total. The average Bonchev–Trinajstić information content (AvgIpc) is 3.00. The van der Waals surface area contributed by atoms with Gasteiger partial charge in [0.2, 0.25) is 5.91 Å². The molecule has 1 aliphatic heterocycles. The summed E-state index contributed by atoms with van der Waals surface area (Å²) < 4.78 is 0. The molecule has 1 aliphatic carbocycles. The lowest BCUT2D eigenvalue weighted by molar-refractivity contribution is -0.117. The first-order valence-corrected chi connectivity index (χ1v) is 8.75. The summed E-state index contributed by atoms with van der Waals surface area (Å²) in [7, 11) is 1.92. The van der Waals surface area contributed by atoms with Crippen LogP contribution in [0.2, 0.25) is 0 Å². The number of anilines is 1. The first kappa shape index (κ1) is 16.0. The summed E-state index contributed by atoms with van der Waals surface area (Å²) in [5.41, 5.74) is 1.61. The molecule has 0 aromatic heterocycles. The number of nitrogens with zero attached hydrogens (tertiary/aromatic N) is 2. The summed E-state index contributed by atoms with van der Waals surface area (Å²) in [6.07, 6.45) is 6.34. The van der Waals surface area contributed by atoms with Crippen molar-refractivity contribution in [3.63, 3.8) is 0 Å². The Morgan fingerprint density at radius 3 is 2.43 bits per heavy atom. The first-order chi connectivity index (χ1) is 11.1. The zero-order valence-electron chi connectivity index (χ0n) is 14.1. The molecule has 0 N–H and O–H groups in total. The first-order valence-electron chi connectivity index (χ1n) is 8.75. The van der Waals surface area contributed by atoms with Crippen LogP contribution in [0, 0.1) is 5.92 Å². The molecule has 1 aromatic rings. The summed E-state index contributed by atoms with van der Waals surface area (Å²) in [5, 5.41) is 0. The number of rotatable bonds is 3. The maximum Gasteiger partial charge on any atom is 0.253 e. The molecule has 2 atom stereocenters. The van der Waals surface area contributed by atoms with Gasteiger partial charge in [-0.3, -0.25) is 9.59 Å². The molecule has 1 aromatic carbocycles. The molecule has 0 bridgehead atoms. The highest BCUT2D eigenvalue weighted by molar-refractivity contribution is 5.97. The Hall–Kier alpha value is -1.84. The Balaban J connectivity index is 1.71. The van der Waals surface area contributed by atoms with Crippen molar-refractivity contribution in [1.82, 2.24) is 4.90 Å². The van der Waals surface area contributed by atoms with E-state index in [0.29, 0.717) is 23.9 Å². The molecule has 1 heterocycles. The Bertz CT molecular complexity index is 582. The van der Waals surface area contributed by atoms with E-state index in [1.165, 1.54) is 19.3 Å². The number of carbonyl (C=O) groups is 2.